The van der Waals surface area contributed by atoms with Crippen LogP contribution < -0.4 is 4.74 Å². The Morgan fingerprint density at radius 3 is 2.52 bits per heavy atom. The lowest BCUT2D eigenvalue weighted by atomic mass is 10.2. The van der Waals surface area contributed by atoms with E-state index in [0.29, 0.717) is 29.7 Å². The second-order valence-electron chi connectivity index (χ2n) is 5.58. The maximum atomic E-state index is 12.5. The van der Waals surface area contributed by atoms with E-state index < -0.39 is 6.36 Å². The fourth-order valence-corrected chi connectivity index (χ4v) is 2.60. The summed E-state index contributed by atoms with van der Waals surface area (Å²) in [6, 6.07) is 5.51. The van der Waals surface area contributed by atoms with Crippen molar-refractivity contribution in [3.63, 3.8) is 0 Å². The van der Waals surface area contributed by atoms with Gasteiger partial charge in [0.2, 0.25) is 0 Å². The van der Waals surface area contributed by atoms with Crippen molar-refractivity contribution in [2.24, 2.45) is 0 Å². The number of ether oxygens (including phenoxy) is 1. The highest BCUT2D eigenvalue weighted by Gasteiger charge is 2.31. The van der Waals surface area contributed by atoms with Crippen LogP contribution in [0.25, 0.3) is 10.9 Å². The Hall–Kier alpha value is -2.22. The first-order chi connectivity index (χ1) is 10.8. The molecule has 1 amide bonds. The number of hydrogen-bond acceptors (Lipinski definition) is 3. The second kappa shape index (κ2) is 5.77. The molecule has 0 unspecified atom stereocenters. The molecule has 0 saturated carbocycles. The van der Waals surface area contributed by atoms with Gasteiger partial charge in [-0.1, -0.05) is 0 Å². The number of rotatable bonds is 2. The molecule has 1 aliphatic rings. The average molecular weight is 327 g/mol. The third-order valence-electron chi connectivity index (χ3n) is 3.85. The molecule has 0 spiro atoms. The zero-order valence-electron chi connectivity index (χ0n) is 12.5. The van der Waals surface area contributed by atoms with Crippen molar-refractivity contribution in [2.45, 2.75) is 6.36 Å². The lowest BCUT2D eigenvalue weighted by molar-refractivity contribution is -0.274. The third kappa shape index (κ3) is 3.58. The average Bonchev–Trinajstić information content (AvgIpc) is 2.88. The van der Waals surface area contributed by atoms with Gasteiger partial charge in [-0.2, -0.15) is 0 Å². The Morgan fingerprint density at radius 1 is 1.17 bits per heavy atom. The number of carbonyl (C=O) groups is 1. The van der Waals surface area contributed by atoms with Gasteiger partial charge in [-0.05, 0) is 31.3 Å². The van der Waals surface area contributed by atoms with Crippen LogP contribution in [0.4, 0.5) is 13.2 Å². The van der Waals surface area contributed by atoms with E-state index in [2.05, 4.69) is 14.6 Å². The highest BCUT2D eigenvalue weighted by atomic mass is 19.4. The smallest absolute Gasteiger partial charge is 0.406 e. The summed E-state index contributed by atoms with van der Waals surface area (Å²) in [4.78, 5) is 19.3. The summed E-state index contributed by atoms with van der Waals surface area (Å²) >= 11 is 0. The van der Waals surface area contributed by atoms with Crippen molar-refractivity contribution < 1.29 is 22.7 Å². The van der Waals surface area contributed by atoms with Gasteiger partial charge in [-0.15, -0.1) is 13.2 Å². The SMILES string of the molecule is CN1CCN(C(=O)c2cc3cc(OC(F)(F)F)ccc3[nH]2)CC1. The molecule has 1 aliphatic heterocycles. The molecule has 1 aromatic carbocycles. The van der Waals surface area contributed by atoms with Crippen molar-refractivity contribution in [3.05, 3.63) is 30.0 Å². The number of fused-ring (bicyclic) bond motifs is 1. The van der Waals surface area contributed by atoms with Crippen molar-refractivity contribution >= 4 is 16.8 Å². The Morgan fingerprint density at radius 2 is 1.87 bits per heavy atom. The van der Waals surface area contributed by atoms with Crippen LogP contribution in [0.2, 0.25) is 0 Å². The number of nitrogens with one attached hydrogen (secondary N) is 1. The number of halogens is 3. The predicted octanol–water partition coefficient (Wildman–Crippen LogP) is 2.45. The van der Waals surface area contributed by atoms with E-state index in [-0.39, 0.29) is 11.7 Å². The summed E-state index contributed by atoms with van der Waals surface area (Å²) in [6.07, 6.45) is -4.73. The first kappa shape index (κ1) is 15.7. The summed E-state index contributed by atoms with van der Waals surface area (Å²) in [5.74, 6) is -0.449. The Kier molecular flexibility index (Phi) is 3.93. The summed E-state index contributed by atoms with van der Waals surface area (Å²) in [5, 5.41) is 0.504. The molecular weight excluding hydrogens is 311 g/mol. The fourth-order valence-electron chi connectivity index (χ4n) is 2.60. The summed E-state index contributed by atoms with van der Waals surface area (Å²) in [5.41, 5.74) is 0.964. The molecule has 0 bridgehead atoms. The number of hydrogen-bond donors (Lipinski definition) is 1. The molecule has 1 saturated heterocycles. The molecule has 8 heteroatoms. The lowest BCUT2D eigenvalue weighted by Gasteiger charge is -2.32. The maximum absolute atomic E-state index is 12.5. The van der Waals surface area contributed by atoms with Crippen molar-refractivity contribution in [1.82, 2.24) is 14.8 Å². The predicted molar refractivity (Wildman–Crippen MR) is 78.4 cm³/mol. The lowest BCUT2D eigenvalue weighted by Crippen LogP contribution is -2.47. The van der Waals surface area contributed by atoms with Crippen LogP contribution in [0.3, 0.4) is 0 Å². The molecule has 5 nitrogen and oxygen atoms in total. The van der Waals surface area contributed by atoms with E-state index in [4.69, 9.17) is 0 Å². The first-order valence-corrected chi connectivity index (χ1v) is 7.18. The number of likely N-dealkylation sites (N-methyl/N-ethyl adjacent to an activating group) is 1. The summed E-state index contributed by atoms with van der Waals surface area (Å²) in [6.45, 7) is 2.87. The second-order valence-corrected chi connectivity index (χ2v) is 5.58. The standard InChI is InChI=1S/C15H16F3N3O2/c1-20-4-6-21(7-5-20)14(22)13-9-10-8-11(23-15(16,17)18)2-3-12(10)19-13/h2-3,8-9,19H,4-7H2,1H3. The number of carbonyl (C=O) groups excluding carboxylic acids is 1. The van der Waals surface area contributed by atoms with Crippen LogP contribution in [-0.4, -0.2) is 60.3 Å². The van der Waals surface area contributed by atoms with Crippen LogP contribution in [0, 0.1) is 0 Å². The zero-order chi connectivity index (χ0) is 16.6. The monoisotopic (exact) mass is 327 g/mol. The maximum Gasteiger partial charge on any atom is 0.573 e. The molecule has 1 N–H and O–H groups in total. The number of alkyl halides is 3. The van der Waals surface area contributed by atoms with Crippen LogP contribution in [0.15, 0.2) is 24.3 Å². The molecule has 0 atom stereocenters. The normalized spacial score (nSPS) is 16.8. The molecule has 2 aromatic rings. The van der Waals surface area contributed by atoms with E-state index in [1.165, 1.54) is 18.2 Å². The van der Waals surface area contributed by atoms with Gasteiger partial charge in [0.25, 0.3) is 5.91 Å². The van der Waals surface area contributed by atoms with E-state index >= 15 is 0 Å². The van der Waals surface area contributed by atoms with Crippen LogP contribution >= 0.6 is 0 Å². The third-order valence-corrected chi connectivity index (χ3v) is 3.85. The number of aromatic amines is 1. The largest absolute Gasteiger partial charge is 0.573 e. The van der Waals surface area contributed by atoms with Gasteiger partial charge < -0.3 is 19.5 Å². The van der Waals surface area contributed by atoms with Gasteiger partial charge >= 0.3 is 6.36 Å². The van der Waals surface area contributed by atoms with Crippen LogP contribution in [0.5, 0.6) is 5.75 Å². The topological polar surface area (TPSA) is 48.6 Å². The number of H-pyrrole nitrogens is 1. The highest BCUT2D eigenvalue weighted by Crippen LogP contribution is 2.27. The first-order valence-electron chi connectivity index (χ1n) is 7.18. The highest BCUT2D eigenvalue weighted by molar-refractivity contribution is 5.98. The number of amides is 1. The number of piperazine rings is 1. The van der Waals surface area contributed by atoms with E-state index in [1.807, 2.05) is 7.05 Å². The van der Waals surface area contributed by atoms with Gasteiger partial charge in [-0.25, -0.2) is 0 Å². The van der Waals surface area contributed by atoms with Gasteiger partial charge in [0.05, 0.1) is 0 Å². The van der Waals surface area contributed by atoms with E-state index in [0.717, 1.165) is 13.1 Å². The molecule has 0 aliphatic carbocycles. The van der Waals surface area contributed by atoms with Gasteiger partial charge in [0.15, 0.2) is 0 Å². The summed E-state index contributed by atoms with van der Waals surface area (Å²) < 4.78 is 40.7. The van der Waals surface area contributed by atoms with E-state index in [1.54, 1.807) is 11.0 Å². The van der Waals surface area contributed by atoms with Crippen molar-refractivity contribution in [2.75, 3.05) is 33.2 Å². The molecule has 23 heavy (non-hydrogen) atoms. The number of aromatic nitrogens is 1. The fraction of sp³-hybridized carbons (Fsp3) is 0.400. The zero-order valence-corrected chi connectivity index (χ0v) is 12.5. The number of benzene rings is 1. The Bertz CT molecular complexity index is 718. The van der Waals surface area contributed by atoms with Crippen LogP contribution in [0.1, 0.15) is 10.5 Å². The van der Waals surface area contributed by atoms with Crippen molar-refractivity contribution in [1.29, 1.82) is 0 Å². The quantitative estimate of drug-likeness (QED) is 0.922. The van der Waals surface area contributed by atoms with Crippen molar-refractivity contribution in [3.8, 4) is 5.75 Å². The molecular formula is C15H16F3N3O2. The van der Waals surface area contributed by atoms with Gasteiger partial charge in [-0.3, -0.25) is 4.79 Å². The molecule has 124 valence electrons. The minimum atomic E-state index is -4.73. The minimum Gasteiger partial charge on any atom is -0.406 e. The number of nitrogens with zero attached hydrogens (tertiary/aromatic N) is 2. The molecule has 3 rings (SSSR count). The molecule has 2 heterocycles. The summed E-state index contributed by atoms with van der Waals surface area (Å²) in [7, 11) is 1.99. The molecule has 0 radical (unpaired) electrons. The molecule has 1 aromatic heterocycles. The van der Waals surface area contributed by atoms with E-state index in [9.17, 15) is 18.0 Å². The Balaban J connectivity index is 1.81. The van der Waals surface area contributed by atoms with Gasteiger partial charge in [0, 0.05) is 37.1 Å². The van der Waals surface area contributed by atoms with Crippen LogP contribution in [-0.2, 0) is 0 Å². The Labute approximate surface area is 130 Å². The van der Waals surface area contributed by atoms with Gasteiger partial charge in [0.1, 0.15) is 11.4 Å². The molecule has 1 fully saturated rings. The minimum absolute atomic E-state index is 0.146.